The summed E-state index contributed by atoms with van der Waals surface area (Å²) in [4.78, 5) is 21.3. The molecule has 0 radical (unpaired) electrons. The summed E-state index contributed by atoms with van der Waals surface area (Å²) in [5.41, 5.74) is 2.76. The van der Waals surface area contributed by atoms with Crippen molar-refractivity contribution < 1.29 is 9.18 Å². The van der Waals surface area contributed by atoms with Crippen molar-refractivity contribution in [3.05, 3.63) is 65.7 Å². The topological polar surface area (TPSA) is 59.8 Å². The number of fused-ring (bicyclic) bond motifs is 1. The lowest BCUT2D eigenvalue weighted by molar-refractivity contribution is -0.115. The van der Waals surface area contributed by atoms with Crippen molar-refractivity contribution in [1.29, 1.82) is 0 Å². The quantitative estimate of drug-likeness (QED) is 0.555. The molecule has 27 heavy (non-hydrogen) atoms. The third-order valence-corrected chi connectivity index (χ3v) is 5.17. The number of carbonyl (C=O) groups is 1. The number of para-hydroxylation sites is 1. The van der Waals surface area contributed by atoms with Crippen LogP contribution in [0.25, 0.3) is 21.6 Å². The van der Waals surface area contributed by atoms with Crippen LogP contribution < -0.4 is 5.32 Å². The number of pyridine rings is 1. The van der Waals surface area contributed by atoms with E-state index >= 15 is 0 Å². The first kappa shape index (κ1) is 17.4. The molecule has 4 rings (SSSR count). The molecule has 0 saturated carbocycles. The highest BCUT2D eigenvalue weighted by Gasteiger charge is 2.15. The molecule has 0 spiro atoms. The highest BCUT2D eigenvalue weighted by atomic mass is 32.1. The van der Waals surface area contributed by atoms with Crippen LogP contribution in [0.15, 0.2) is 54.2 Å². The normalized spacial score (nSPS) is 11.0. The van der Waals surface area contributed by atoms with Gasteiger partial charge in [0.2, 0.25) is 5.91 Å². The molecule has 3 heterocycles. The highest BCUT2D eigenvalue weighted by Crippen LogP contribution is 2.32. The van der Waals surface area contributed by atoms with Crippen LogP contribution in [0.4, 0.5) is 10.1 Å². The Morgan fingerprint density at radius 3 is 2.93 bits per heavy atom. The number of benzene rings is 1. The van der Waals surface area contributed by atoms with Gasteiger partial charge in [-0.2, -0.15) is 0 Å². The SMILES string of the molecule is CCn1cc(-c2nc(CC(=O)Nc3ccccc3F)cs2)c2cccnc21. The maximum Gasteiger partial charge on any atom is 0.230 e. The van der Waals surface area contributed by atoms with Gasteiger partial charge in [0.15, 0.2) is 0 Å². The van der Waals surface area contributed by atoms with Gasteiger partial charge in [0.25, 0.3) is 0 Å². The molecule has 0 fully saturated rings. The molecule has 5 nitrogen and oxygen atoms in total. The maximum absolute atomic E-state index is 13.7. The van der Waals surface area contributed by atoms with E-state index in [1.165, 1.54) is 23.5 Å². The second-order valence-corrected chi connectivity index (χ2v) is 6.91. The summed E-state index contributed by atoms with van der Waals surface area (Å²) < 4.78 is 15.7. The van der Waals surface area contributed by atoms with Crippen molar-refractivity contribution >= 4 is 34.0 Å². The number of anilines is 1. The van der Waals surface area contributed by atoms with Gasteiger partial charge in [0.1, 0.15) is 16.5 Å². The second kappa shape index (κ2) is 7.28. The number of hydrogen-bond donors (Lipinski definition) is 1. The fourth-order valence-electron chi connectivity index (χ4n) is 2.97. The first-order valence-electron chi connectivity index (χ1n) is 8.58. The fourth-order valence-corrected chi connectivity index (χ4v) is 3.81. The average molecular weight is 380 g/mol. The van der Waals surface area contributed by atoms with E-state index in [0.717, 1.165) is 28.1 Å². The second-order valence-electron chi connectivity index (χ2n) is 6.05. The number of amides is 1. The Labute approximate surface area is 159 Å². The Bertz CT molecular complexity index is 1120. The van der Waals surface area contributed by atoms with E-state index in [2.05, 4.69) is 26.8 Å². The van der Waals surface area contributed by atoms with E-state index in [9.17, 15) is 9.18 Å². The van der Waals surface area contributed by atoms with E-state index in [1.54, 1.807) is 18.3 Å². The summed E-state index contributed by atoms with van der Waals surface area (Å²) in [6.45, 7) is 2.88. The summed E-state index contributed by atoms with van der Waals surface area (Å²) in [7, 11) is 0. The Balaban J connectivity index is 1.56. The van der Waals surface area contributed by atoms with E-state index in [0.29, 0.717) is 5.69 Å². The van der Waals surface area contributed by atoms with Crippen LogP contribution in [0.2, 0.25) is 0 Å². The van der Waals surface area contributed by atoms with Crippen LogP contribution in [0.3, 0.4) is 0 Å². The molecule has 0 aliphatic heterocycles. The molecule has 0 unspecified atom stereocenters. The number of halogens is 1. The zero-order chi connectivity index (χ0) is 18.8. The first-order valence-corrected chi connectivity index (χ1v) is 9.46. The Kier molecular flexibility index (Phi) is 4.68. The van der Waals surface area contributed by atoms with Crippen LogP contribution in [-0.4, -0.2) is 20.4 Å². The van der Waals surface area contributed by atoms with E-state index in [4.69, 9.17) is 0 Å². The van der Waals surface area contributed by atoms with Crippen LogP contribution in [0.5, 0.6) is 0 Å². The molecule has 0 aliphatic carbocycles. The molecule has 0 aliphatic rings. The van der Waals surface area contributed by atoms with Gasteiger partial charge in [0.05, 0.1) is 17.8 Å². The van der Waals surface area contributed by atoms with Gasteiger partial charge in [0, 0.05) is 35.3 Å². The molecule has 7 heteroatoms. The van der Waals surface area contributed by atoms with Crippen molar-refractivity contribution in [2.24, 2.45) is 0 Å². The van der Waals surface area contributed by atoms with Crippen LogP contribution in [-0.2, 0) is 17.8 Å². The molecule has 0 atom stereocenters. The fraction of sp³-hybridized carbons (Fsp3) is 0.150. The van der Waals surface area contributed by atoms with Crippen LogP contribution in [0, 0.1) is 5.82 Å². The molecule has 3 aromatic heterocycles. The minimum Gasteiger partial charge on any atom is -0.332 e. The van der Waals surface area contributed by atoms with Crippen molar-refractivity contribution in [2.45, 2.75) is 19.9 Å². The number of nitrogens with zero attached hydrogens (tertiary/aromatic N) is 3. The Hall–Kier alpha value is -3.06. The number of nitrogens with one attached hydrogen (secondary N) is 1. The molecule has 1 N–H and O–H groups in total. The lowest BCUT2D eigenvalue weighted by atomic mass is 10.2. The number of thiazole rings is 1. The van der Waals surface area contributed by atoms with Gasteiger partial charge in [-0.15, -0.1) is 11.3 Å². The summed E-state index contributed by atoms with van der Waals surface area (Å²) in [6, 6.07) is 10.0. The zero-order valence-electron chi connectivity index (χ0n) is 14.6. The lowest BCUT2D eigenvalue weighted by Crippen LogP contribution is -2.15. The summed E-state index contributed by atoms with van der Waals surface area (Å²) >= 11 is 1.49. The number of aryl methyl sites for hydroxylation is 1. The number of hydrogen-bond acceptors (Lipinski definition) is 4. The maximum atomic E-state index is 13.7. The van der Waals surface area contributed by atoms with Crippen LogP contribution in [0.1, 0.15) is 12.6 Å². The first-order chi connectivity index (χ1) is 13.2. The minimum absolute atomic E-state index is 0.0928. The molecule has 1 amide bonds. The predicted molar refractivity (Wildman–Crippen MR) is 105 cm³/mol. The van der Waals surface area contributed by atoms with Gasteiger partial charge >= 0.3 is 0 Å². The van der Waals surface area contributed by atoms with Gasteiger partial charge in [-0.05, 0) is 31.2 Å². The summed E-state index contributed by atoms with van der Waals surface area (Å²) in [6.07, 6.45) is 3.91. The zero-order valence-corrected chi connectivity index (χ0v) is 15.5. The number of rotatable bonds is 5. The molecular formula is C20H17FN4OS. The molecule has 4 aromatic rings. The number of carbonyl (C=O) groups excluding carboxylic acids is 1. The minimum atomic E-state index is -0.454. The third kappa shape index (κ3) is 3.46. The highest BCUT2D eigenvalue weighted by molar-refractivity contribution is 7.13. The molecular weight excluding hydrogens is 363 g/mol. The van der Waals surface area contributed by atoms with Gasteiger partial charge < -0.3 is 9.88 Å². The summed E-state index contributed by atoms with van der Waals surface area (Å²) in [5.74, 6) is -0.751. The lowest BCUT2D eigenvalue weighted by Gasteiger charge is -2.04. The van der Waals surface area contributed by atoms with Gasteiger partial charge in [-0.3, -0.25) is 4.79 Å². The smallest absolute Gasteiger partial charge is 0.230 e. The standard InChI is InChI=1S/C20H17FN4OS/c1-2-25-11-15(14-6-5-9-22-19(14)25)20-23-13(12-27-20)10-18(26)24-17-8-4-3-7-16(17)21/h3-9,11-12H,2,10H2,1H3,(H,24,26). The van der Waals surface area contributed by atoms with E-state index in [1.807, 2.05) is 23.7 Å². The van der Waals surface area contributed by atoms with Crippen molar-refractivity contribution in [1.82, 2.24) is 14.5 Å². The molecule has 0 saturated heterocycles. The third-order valence-electron chi connectivity index (χ3n) is 4.25. The van der Waals surface area contributed by atoms with E-state index < -0.39 is 5.82 Å². The molecule has 136 valence electrons. The summed E-state index contributed by atoms with van der Waals surface area (Å²) in [5, 5.41) is 6.33. The van der Waals surface area contributed by atoms with Gasteiger partial charge in [-0.1, -0.05) is 12.1 Å². The molecule has 1 aromatic carbocycles. The molecule has 0 bridgehead atoms. The largest absolute Gasteiger partial charge is 0.332 e. The van der Waals surface area contributed by atoms with Gasteiger partial charge in [-0.25, -0.2) is 14.4 Å². The monoisotopic (exact) mass is 380 g/mol. The van der Waals surface area contributed by atoms with E-state index in [-0.39, 0.29) is 18.0 Å². The average Bonchev–Trinajstić information content (AvgIpc) is 3.27. The van der Waals surface area contributed by atoms with Crippen molar-refractivity contribution in [2.75, 3.05) is 5.32 Å². The number of aromatic nitrogens is 3. The van der Waals surface area contributed by atoms with Crippen molar-refractivity contribution in [3.63, 3.8) is 0 Å². The van der Waals surface area contributed by atoms with Crippen LogP contribution >= 0.6 is 11.3 Å². The predicted octanol–water partition coefficient (Wildman–Crippen LogP) is 4.50. The Morgan fingerprint density at radius 1 is 1.26 bits per heavy atom. The van der Waals surface area contributed by atoms with Crippen molar-refractivity contribution in [3.8, 4) is 10.6 Å². The Morgan fingerprint density at radius 2 is 2.11 bits per heavy atom.